The van der Waals surface area contributed by atoms with Gasteiger partial charge in [-0.1, -0.05) is 11.6 Å². The molecule has 98 valence electrons. The van der Waals surface area contributed by atoms with Crippen LogP contribution in [0.2, 0.25) is 5.02 Å². The Balaban J connectivity index is 2.20. The molecular weight excluding hydrogens is 254 g/mol. The van der Waals surface area contributed by atoms with E-state index in [0.29, 0.717) is 42.8 Å². The van der Waals surface area contributed by atoms with E-state index in [2.05, 4.69) is 20.6 Å². The minimum Gasteiger partial charge on any atom is -0.354 e. The molecule has 0 radical (unpaired) electrons. The molecule has 0 unspecified atom stereocenters. The highest BCUT2D eigenvalue weighted by Gasteiger charge is 2.18. The van der Waals surface area contributed by atoms with E-state index in [1.165, 1.54) is 0 Å². The van der Waals surface area contributed by atoms with Crippen LogP contribution in [0.5, 0.6) is 0 Å². The number of carbonyl (C=O) groups excluding carboxylic acids is 1. The Morgan fingerprint density at radius 3 is 3.17 bits per heavy atom. The number of hydrogen-bond donors (Lipinski definition) is 2. The summed E-state index contributed by atoms with van der Waals surface area (Å²) in [5.41, 5.74) is 0. The first-order valence-electron chi connectivity index (χ1n) is 5.98. The number of halogens is 1. The molecule has 2 heterocycles. The molecule has 1 saturated heterocycles. The number of nitrogens with one attached hydrogen (secondary N) is 2. The van der Waals surface area contributed by atoms with E-state index >= 15 is 0 Å². The van der Waals surface area contributed by atoms with Crippen LogP contribution in [0.4, 0.5) is 11.8 Å². The number of rotatable bonds is 3. The fourth-order valence-electron chi connectivity index (χ4n) is 1.80. The average molecular weight is 270 g/mol. The quantitative estimate of drug-likeness (QED) is 0.853. The maximum atomic E-state index is 11.3. The van der Waals surface area contributed by atoms with Gasteiger partial charge in [0.15, 0.2) is 5.82 Å². The zero-order chi connectivity index (χ0) is 13.0. The molecule has 1 aliphatic heterocycles. The van der Waals surface area contributed by atoms with Crippen molar-refractivity contribution >= 4 is 29.3 Å². The van der Waals surface area contributed by atoms with Crippen LogP contribution in [0, 0.1) is 0 Å². The predicted molar refractivity (Wildman–Crippen MR) is 71.0 cm³/mol. The SMILES string of the molecule is CCNc1ncc(Cl)c(N2CCNC(=O)CC2)n1. The lowest BCUT2D eigenvalue weighted by Gasteiger charge is -2.21. The molecule has 1 aliphatic rings. The highest BCUT2D eigenvalue weighted by atomic mass is 35.5. The van der Waals surface area contributed by atoms with E-state index in [9.17, 15) is 4.79 Å². The van der Waals surface area contributed by atoms with Gasteiger partial charge in [-0.3, -0.25) is 4.79 Å². The lowest BCUT2D eigenvalue weighted by atomic mass is 10.3. The Hall–Kier alpha value is -1.56. The summed E-state index contributed by atoms with van der Waals surface area (Å²) in [6, 6.07) is 0. The van der Waals surface area contributed by atoms with E-state index in [1.54, 1.807) is 6.20 Å². The Morgan fingerprint density at radius 2 is 2.39 bits per heavy atom. The molecule has 0 aromatic carbocycles. The molecule has 1 aromatic rings. The number of amides is 1. The third kappa shape index (κ3) is 3.01. The zero-order valence-electron chi connectivity index (χ0n) is 10.2. The molecule has 2 rings (SSSR count). The molecule has 18 heavy (non-hydrogen) atoms. The summed E-state index contributed by atoms with van der Waals surface area (Å²) < 4.78 is 0. The molecule has 1 fully saturated rings. The predicted octanol–water partition coefficient (Wildman–Crippen LogP) is 0.888. The molecule has 0 aliphatic carbocycles. The lowest BCUT2D eigenvalue weighted by molar-refractivity contribution is -0.120. The van der Waals surface area contributed by atoms with Gasteiger partial charge in [0, 0.05) is 32.6 Å². The first-order chi connectivity index (χ1) is 8.70. The minimum absolute atomic E-state index is 0.0644. The smallest absolute Gasteiger partial charge is 0.224 e. The molecule has 0 atom stereocenters. The number of carbonyl (C=O) groups is 1. The van der Waals surface area contributed by atoms with Crippen molar-refractivity contribution in [3.05, 3.63) is 11.2 Å². The first kappa shape index (κ1) is 12.9. The van der Waals surface area contributed by atoms with Crippen LogP contribution in [-0.2, 0) is 4.79 Å². The second kappa shape index (κ2) is 5.86. The molecule has 2 N–H and O–H groups in total. The summed E-state index contributed by atoms with van der Waals surface area (Å²) >= 11 is 6.12. The van der Waals surface area contributed by atoms with Crippen LogP contribution in [0.1, 0.15) is 13.3 Å². The van der Waals surface area contributed by atoms with Gasteiger partial charge in [-0.05, 0) is 6.92 Å². The summed E-state index contributed by atoms with van der Waals surface area (Å²) in [5, 5.41) is 6.37. The number of anilines is 2. The lowest BCUT2D eigenvalue weighted by Crippen LogP contribution is -2.29. The van der Waals surface area contributed by atoms with Crippen LogP contribution >= 0.6 is 11.6 Å². The van der Waals surface area contributed by atoms with Crippen LogP contribution in [0.3, 0.4) is 0 Å². The van der Waals surface area contributed by atoms with Crippen molar-refractivity contribution in [2.75, 3.05) is 36.4 Å². The van der Waals surface area contributed by atoms with Gasteiger partial charge in [-0.2, -0.15) is 4.98 Å². The van der Waals surface area contributed by atoms with Crippen molar-refractivity contribution in [3.63, 3.8) is 0 Å². The van der Waals surface area contributed by atoms with E-state index in [0.717, 1.165) is 6.54 Å². The number of hydrogen-bond acceptors (Lipinski definition) is 5. The molecule has 1 aromatic heterocycles. The normalized spacial score (nSPS) is 16.1. The van der Waals surface area contributed by atoms with Gasteiger partial charge in [0.2, 0.25) is 11.9 Å². The van der Waals surface area contributed by atoms with Crippen LogP contribution in [-0.4, -0.2) is 42.1 Å². The fourth-order valence-corrected chi connectivity index (χ4v) is 2.01. The van der Waals surface area contributed by atoms with Crippen LogP contribution in [0.15, 0.2) is 6.20 Å². The Morgan fingerprint density at radius 1 is 1.56 bits per heavy atom. The van der Waals surface area contributed by atoms with E-state index in [1.807, 2.05) is 11.8 Å². The van der Waals surface area contributed by atoms with Gasteiger partial charge in [0.25, 0.3) is 0 Å². The van der Waals surface area contributed by atoms with E-state index in [-0.39, 0.29) is 5.91 Å². The second-order valence-electron chi connectivity index (χ2n) is 3.98. The summed E-state index contributed by atoms with van der Waals surface area (Å²) in [4.78, 5) is 21.8. The molecule has 0 bridgehead atoms. The van der Waals surface area contributed by atoms with Gasteiger partial charge >= 0.3 is 0 Å². The van der Waals surface area contributed by atoms with Gasteiger partial charge < -0.3 is 15.5 Å². The molecular formula is C11H16ClN5O. The molecule has 7 heteroatoms. The fraction of sp³-hybridized carbons (Fsp3) is 0.545. The van der Waals surface area contributed by atoms with Crippen molar-refractivity contribution < 1.29 is 4.79 Å². The van der Waals surface area contributed by atoms with Crippen molar-refractivity contribution in [3.8, 4) is 0 Å². The topological polar surface area (TPSA) is 70.2 Å². The number of aromatic nitrogens is 2. The van der Waals surface area contributed by atoms with Gasteiger partial charge in [-0.25, -0.2) is 4.98 Å². The monoisotopic (exact) mass is 269 g/mol. The Bertz CT molecular complexity index is 439. The summed E-state index contributed by atoms with van der Waals surface area (Å²) in [5.74, 6) is 1.30. The second-order valence-corrected chi connectivity index (χ2v) is 4.39. The van der Waals surface area contributed by atoms with E-state index < -0.39 is 0 Å². The van der Waals surface area contributed by atoms with Crippen molar-refractivity contribution in [2.45, 2.75) is 13.3 Å². The highest BCUT2D eigenvalue weighted by Crippen LogP contribution is 2.24. The van der Waals surface area contributed by atoms with Gasteiger partial charge in [-0.15, -0.1) is 0 Å². The maximum Gasteiger partial charge on any atom is 0.224 e. The summed E-state index contributed by atoms with van der Waals surface area (Å²) in [7, 11) is 0. The zero-order valence-corrected chi connectivity index (χ0v) is 11.0. The van der Waals surface area contributed by atoms with Crippen molar-refractivity contribution in [1.29, 1.82) is 0 Å². The van der Waals surface area contributed by atoms with E-state index in [4.69, 9.17) is 11.6 Å². The summed E-state index contributed by atoms with van der Waals surface area (Å²) in [6.07, 6.45) is 2.04. The Kier molecular flexibility index (Phi) is 4.19. The van der Waals surface area contributed by atoms with Crippen molar-refractivity contribution in [1.82, 2.24) is 15.3 Å². The van der Waals surface area contributed by atoms with Crippen LogP contribution < -0.4 is 15.5 Å². The van der Waals surface area contributed by atoms with Gasteiger partial charge in [0.05, 0.1) is 6.20 Å². The Labute approximate surface area is 111 Å². The van der Waals surface area contributed by atoms with Crippen LogP contribution in [0.25, 0.3) is 0 Å². The maximum absolute atomic E-state index is 11.3. The highest BCUT2D eigenvalue weighted by molar-refractivity contribution is 6.32. The van der Waals surface area contributed by atoms with Crippen molar-refractivity contribution in [2.24, 2.45) is 0 Å². The third-order valence-corrected chi connectivity index (χ3v) is 2.94. The largest absolute Gasteiger partial charge is 0.354 e. The number of nitrogens with zero attached hydrogens (tertiary/aromatic N) is 3. The average Bonchev–Trinajstić information content (AvgIpc) is 2.57. The molecule has 6 nitrogen and oxygen atoms in total. The third-order valence-electron chi connectivity index (χ3n) is 2.67. The minimum atomic E-state index is 0.0644. The molecule has 0 saturated carbocycles. The van der Waals surface area contributed by atoms with Gasteiger partial charge in [0.1, 0.15) is 5.02 Å². The standard InChI is InChI=1S/C11H16ClN5O/c1-2-13-11-15-7-8(12)10(16-11)17-5-3-9(18)14-4-6-17/h7H,2-6H2,1H3,(H,14,18)(H,13,15,16). The molecule has 1 amide bonds. The summed E-state index contributed by atoms with van der Waals surface area (Å²) in [6.45, 7) is 4.66. The molecule has 0 spiro atoms. The first-order valence-corrected chi connectivity index (χ1v) is 6.36.